The first-order chi connectivity index (χ1) is 12.6. The summed E-state index contributed by atoms with van der Waals surface area (Å²) in [5.74, 6) is -1.08. The number of carbonyl (C=O) groups is 1. The number of hydrogen-bond donors (Lipinski definition) is 1. The topological polar surface area (TPSA) is 63.8 Å². The van der Waals surface area contributed by atoms with Crippen molar-refractivity contribution in [3.8, 4) is 11.3 Å². The molecule has 0 saturated carbocycles. The van der Waals surface area contributed by atoms with Crippen LogP contribution in [0.1, 0.15) is 38.0 Å². The van der Waals surface area contributed by atoms with E-state index < -0.39 is 17.7 Å². The number of nitrogens with zero attached hydrogens (tertiary/aromatic N) is 2. The number of benzene rings is 1. The second-order valence-corrected chi connectivity index (χ2v) is 8.62. The van der Waals surface area contributed by atoms with Crippen molar-refractivity contribution in [2.45, 2.75) is 39.4 Å². The summed E-state index contributed by atoms with van der Waals surface area (Å²) in [5.41, 5.74) is 2.85. The first-order valence-corrected chi connectivity index (χ1v) is 9.58. The van der Waals surface area contributed by atoms with Gasteiger partial charge in [-0.2, -0.15) is 0 Å². The van der Waals surface area contributed by atoms with E-state index in [-0.39, 0.29) is 5.15 Å². The number of ether oxygens (including phenoxy) is 1. The minimum absolute atomic E-state index is 0.287. The van der Waals surface area contributed by atoms with Gasteiger partial charge in [-0.1, -0.05) is 39.7 Å². The van der Waals surface area contributed by atoms with Crippen molar-refractivity contribution in [1.82, 2.24) is 9.38 Å². The van der Waals surface area contributed by atoms with Crippen LogP contribution in [0, 0.1) is 6.92 Å². The molecule has 3 aromatic rings. The number of aromatic nitrogens is 2. The number of rotatable bonds is 4. The fraction of sp³-hybridized carbons (Fsp3) is 0.300. The number of hydrogen-bond acceptors (Lipinski definition) is 3. The zero-order valence-electron chi connectivity index (χ0n) is 15.5. The molecule has 0 aliphatic rings. The predicted molar refractivity (Wildman–Crippen MR) is 109 cm³/mol. The van der Waals surface area contributed by atoms with Crippen molar-refractivity contribution < 1.29 is 14.6 Å². The van der Waals surface area contributed by atoms with E-state index in [9.17, 15) is 9.90 Å². The summed E-state index contributed by atoms with van der Waals surface area (Å²) >= 11 is 10.1. The van der Waals surface area contributed by atoms with Crippen LogP contribution in [0.3, 0.4) is 0 Å². The van der Waals surface area contributed by atoms with Crippen molar-refractivity contribution in [1.29, 1.82) is 0 Å². The molecule has 1 aromatic carbocycles. The van der Waals surface area contributed by atoms with E-state index in [1.54, 1.807) is 10.6 Å². The highest BCUT2D eigenvalue weighted by Crippen LogP contribution is 2.34. The summed E-state index contributed by atoms with van der Waals surface area (Å²) in [6.45, 7) is 7.25. The summed E-state index contributed by atoms with van der Waals surface area (Å²) < 4.78 is 8.42. The van der Waals surface area contributed by atoms with E-state index >= 15 is 0 Å². The standard InChI is InChI=1S/C20H20BrClN2O3/c1-11-8-15-23-14(12-6-5-7-13(21)9-12)10-24(15)18(22)16(11)17(19(25)26)27-20(2,3)4/h5-10,17H,1-4H3,(H,25,26). The summed E-state index contributed by atoms with van der Waals surface area (Å²) in [7, 11) is 0. The van der Waals surface area contributed by atoms with Crippen molar-refractivity contribution in [2.24, 2.45) is 0 Å². The maximum Gasteiger partial charge on any atom is 0.337 e. The van der Waals surface area contributed by atoms with E-state index in [0.717, 1.165) is 21.3 Å². The molecule has 1 unspecified atom stereocenters. The molecule has 0 amide bonds. The number of aryl methyl sites for hydroxylation is 1. The molecule has 1 atom stereocenters. The third-order valence-corrected chi connectivity index (χ3v) is 4.89. The Morgan fingerprint density at radius 2 is 2.04 bits per heavy atom. The number of pyridine rings is 1. The molecular weight excluding hydrogens is 432 g/mol. The average molecular weight is 452 g/mol. The van der Waals surface area contributed by atoms with Crippen LogP contribution in [0.4, 0.5) is 0 Å². The van der Waals surface area contributed by atoms with Gasteiger partial charge >= 0.3 is 5.97 Å². The van der Waals surface area contributed by atoms with Crippen LogP contribution in [0.25, 0.3) is 16.9 Å². The highest BCUT2D eigenvalue weighted by molar-refractivity contribution is 9.10. The zero-order chi connectivity index (χ0) is 19.9. The minimum Gasteiger partial charge on any atom is -0.479 e. The molecule has 0 spiro atoms. The van der Waals surface area contributed by atoms with Crippen LogP contribution < -0.4 is 0 Å². The fourth-order valence-corrected chi connectivity index (χ4v) is 3.69. The fourth-order valence-electron chi connectivity index (χ4n) is 2.91. The van der Waals surface area contributed by atoms with Gasteiger partial charge in [-0.3, -0.25) is 4.40 Å². The Kier molecular flexibility index (Phi) is 5.34. The number of carboxylic acids is 1. The predicted octanol–water partition coefficient (Wildman–Crippen LogP) is 5.67. The maximum absolute atomic E-state index is 11.9. The first kappa shape index (κ1) is 19.9. The summed E-state index contributed by atoms with van der Waals surface area (Å²) in [5, 5.41) is 10.00. The summed E-state index contributed by atoms with van der Waals surface area (Å²) in [4.78, 5) is 16.5. The van der Waals surface area contributed by atoms with Crippen molar-refractivity contribution in [3.63, 3.8) is 0 Å². The highest BCUT2D eigenvalue weighted by Gasteiger charge is 2.31. The number of fused-ring (bicyclic) bond motifs is 1. The van der Waals surface area contributed by atoms with Gasteiger partial charge in [0.05, 0.1) is 11.3 Å². The summed E-state index contributed by atoms with van der Waals surface area (Å²) in [6, 6.07) is 9.61. The van der Waals surface area contributed by atoms with E-state index in [2.05, 4.69) is 20.9 Å². The zero-order valence-corrected chi connectivity index (χ0v) is 17.8. The van der Waals surface area contributed by atoms with Crippen LogP contribution in [0.2, 0.25) is 5.15 Å². The molecule has 2 heterocycles. The van der Waals surface area contributed by atoms with Gasteiger partial charge in [0.2, 0.25) is 0 Å². The number of carboxylic acid groups (broad SMARTS) is 1. The van der Waals surface area contributed by atoms with Crippen LogP contribution >= 0.6 is 27.5 Å². The van der Waals surface area contributed by atoms with E-state index in [0.29, 0.717) is 11.2 Å². The molecule has 7 heteroatoms. The van der Waals surface area contributed by atoms with Crippen LogP contribution in [0.5, 0.6) is 0 Å². The lowest BCUT2D eigenvalue weighted by Crippen LogP contribution is -2.28. The van der Waals surface area contributed by atoms with E-state index in [1.165, 1.54) is 0 Å². The van der Waals surface area contributed by atoms with Gasteiger partial charge in [-0.25, -0.2) is 9.78 Å². The Balaban J connectivity index is 2.17. The molecule has 5 nitrogen and oxygen atoms in total. The lowest BCUT2D eigenvalue weighted by atomic mass is 10.0. The largest absolute Gasteiger partial charge is 0.479 e. The highest BCUT2D eigenvalue weighted by atomic mass is 79.9. The molecule has 2 aromatic heterocycles. The van der Waals surface area contributed by atoms with Gasteiger partial charge in [0.25, 0.3) is 0 Å². The summed E-state index contributed by atoms with van der Waals surface area (Å²) in [6.07, 6.45) is 0.636. The number of aliphatic carboxylic acids is 1. The smallest absolute Gasteiger partial charge is 0.337 e. The molecule has 1 N–H and O–H groups in total. The molecule has 27 heavy (non-hydrogen) atoms. The SMILES string of the molecule is Cc1cc2nc(-c3cccc(Br)c3)cn2c(Cl)c1C(OC(C)(C)C)C(=O)O. The third kappa shape index (κ3) is 4.18. The van der Waals surface area contributed by atoms with Gasteiger partial charge in [-0.15, -0.1) is 0 Å². The van der Waals surface area contributed by atoms with Gasteiger partial charge < -0.3 is 9.84 Å². The molecule has 0 aliphatic heterocycles. The van der Waals surface area contributed by atoms with Crippen molar-refractivity contribution in [2.75, 3.05) is 0 Å². The van der Waals surface area contributed by atoms with Gasteiger partial charge in [0.15, 0.2) is 6.10 Å². The van der Waals surface area contributed by atoms with Gasteiger partial charge in [0.1, 0.15) is 10.8 Å². The van der Waals surface area contributed by atoms with Gasteiger partial charge in [-0.05, 0) is 51.5 Å². The molecular formula is C20H20BrClN2O3. The molecule has 3 rings (SSSR count). The molecule has 0 fully saturated rings. The molecule has 0 aliphatic carbocycles. The van der Waals surface area contributed by atoms with Crippen LogP contribution in [-0.2, 0) is 9.53 Å². The Labute approximate surface area is 171 Å². The second kappa shape index (κ2) is 7.26. The normalized spacial score (nSPS) is 13.1. The Hall–Kier alpha value is -1.89. The number of halogens is 2. The van der Waals surface area contributed by atoms with Gasteiger partial charge in [0, 0.05) is 21.8 Å². The third-order valence-electron chi connectivity index (χ3n) is 4.02. The average Bonchev–Trinajstić information content (AvgIpc) is 2.97. The van der Waals surface area contributed by atoms with Crippen molar-refractivity contribution in [3.05, 3.63) is 57.3 Å². The molecule has 0 saturated heterocycles. The molecule has 0 radical (unpaired) electrons. The minimum atomic E-state index is -1.17. The lowest BCUT2D eigenvalue weighted by Gasteiger charge is -2.26. The second-order valence-electron chi connectivity index (χ2n) is 7.35. The Morgan fingerprint density at radius 3 is 2.63 bits per heavy atom. The Bertz CT molecular complexity index is 1020. The van der Waals surface area contributed by atoms with Crippen LogP contribution in [-0.4, -0.2) is 26.1 Å². The maximum atomic E-state index is 11.9. The van der Waals surface area contributed by atoms with Crippen molar-refractivity contribution >= 4 is 39.1 Å². The molecule has 0 bridgehead atoms. The Morgan fingerprint density at radius 1 is 1.33 bits per heavy atom. The molecule has 142 valence electrons. The quantitative estimate of drug-likeness (QED) is 0.519. The number of imidazole rings is 1. The first-order valence-electron chi connectivity index (χ1n) is 8.41. The van der Waals surface area contributed by atoms with E-state index in [1.807, 2.05) is 58.0 Å². The monoisotopic (exact) mass is 450 g/mol. The van der Waals surface area contributed by atoms with Crippen LogP contribution in [0.15, 0.2) is 41.0 Å². The lowest BCUT2D eigenvalue weighted by molar-refractivity contribution is -0.160. The van der Waals surface area contributed by atoms with E-state index in [4.69, 9.17) is 16.3 Å².